The Labute approximate surface area is 292 Å². The van der Waals surface area contributed by atoms with E-state index in [-0.39, 0.29) is 0 Å². The Morgan fingerprint density at radius 3 is 1.58 bits per heavy atom. The van der Waals surface area contributed by atoms with Crippen molar-refractivity contribution in [3.63, 3.8) is 0 Å². The van der Waals surface area contributed by atoms with Crippen molar-refractivity contribution < 1.29 is 4.42 Å². The van der Waals surface area contributed by atoms with Crippen molar-refractivity contribution in [1.82, 2.24) is 15.0 Å². The second-order valence-electron chi connectivity index (χ2n) is 12.4. The second-order valence-corrected chi connectivity index (χ2v) is 13.5. The first-order valence-electron chi connectivity index (χ1n) is 16.6. The molecule has 0 spiro atoms. The monoisotopic (exact) mass is 657 g/mol. The van der Waals surface area contributed by atoms with Gasteiger partial charge in [-0.3, -0.25) is 0 Å². The lowest BCUT2D eigenvalue weighted by Crippen LogP contribution is -2.00. The zero-order valence-corrected chi connectivity index (χ0v) is 27.6. The highest BCUT2D eigenvalue weighted by atomic mass is 32.1. The molecule has 0 N–H and O–H groups in total. The van der Waals surface area contributed by atoms with Gasteiger partial charge in [0.2, 0.25) is 0 Å². The molecule has 3 aromatic heterocycles. The van der Waals surface area contributed by atoms with E-state index in [0.29, 0.717) is 17.5 Å². The molecule has 0 atom stereocenters. The van der Waals surface area contributed by atoms with Crippen molar-refractivity contribution >= 4 is 53.4 Å². The molecule has 234 valence electrons. The van der Waals surface area contributed by atoms with Crippen molar-refractivity contribution in [1.29, 1.82) is 0 Å². The van der Waals surface area contributed by atoms with E-state index in [1.807, 2.05) is 84.1 Å². The van der Waals surface area contributed by atoms with E-state index in [1.54, 1.807) is 0 Å². The maximum atomic E-state index is 6.40. The van der Waals surface area contributed by atoms with Gasteiger partial charge in [0.15, 0.2) is 17.5 Å². The van der Waals surface area contributed by atoms with Crippen LogP contribution in [0.15, 0.2) is 168 Å². The molecule has 10 aromatic rings. The van der Waals surface area contributed by atoms with Gasteiger partial charge in [0.05, 0.1) is 0 Å². The molecular formula is C45H27N3OS. The normalized spacial score (nSPS) is 11.6. The zero-order valence-electron chi connectivity index (χ0n) is 26.7. The van der Waals surface area contributed by atoms with Gasteiger partial charge in [-0.05, 0) is 52.6 Å². The third-order valence-electron chi connectivity index (χ3n) is 9.35. The van der Waals surface area contributed by atoms with Crippen molar-refractivity contribution in [2.45, 2.75) is 0 Å². The molecular weight excluding hydrogens is 631 g/mol. The highest BCUT2D eigenvalue weighted by Crippen LogP contribution is 2.43. The number of para-hydroxylation sites is 1. The Balaban J connectivity index is 0.998. The molecule has 0 aliphatic heterocycles. The number of rotatable bonds is 5. The fourth-order valence-corrected chi connectivity index (χ4v) is 7.99. The van der Waals surface area contributed by atoms with Gasteiger partial charge in [0, 0.05) is 47.6 Å². The predicted molar refractivity (Wildman–Crippen MR) is 207 cm³/mol. The summed E-state index contributed by atoms with van der Waals surface area (Å²) in [5, 5.41) is 4.75. The third-order valence-corrected chi connectivity index (χ3v) is 10.5. The highest BCUT2D eigenvalue weighted by Gasteiger charge is 2.16. The summed E-state index contributed by atoms with van der Waals surface area (Å²) in [6.07, 6.45) is 0. The van der Waals surface area contributed by atoms with Crippen molar-refractivity contribution in [3.05, 3.63) is 164 Å². The third kappa shape index (κ3) is 4.87. The average Bonchev–Trinajstić information content (AvgIpc) is 3.76. The highest BCUT2D eigenvalue weighted by molar-refractivity contribution is 7.26. The Hall–Kier alpha value is -6.43. The molecule has 0 bridgehead atoms. The minimum absolute atomic E-state index is 0.648. The summed E-state index contributed by atoms with van der Waals surface area (Å²) in [4.78, 5) is 14.6. The van der Waals surface area contributed by atoms with E-state index < -0.39 is 0 Å². The van der Waals surface area contributed by atoms with Crippen LogP contribution in [-0.2, 0) is 0 Å². The average molecular weight is 658 g/mol. The van der Waals surface area contributed by atoms with Gasteiger partial charge in [-0.15, -0.1) is 11.3 Å². The molecule has 0 aliphatic carbocycles. The van der Waals surface area contributed by atoms with Gasteiger partial charge in [0.1, 0.15) is 11.2 Å². The molecule has 4 nitrogen and oxygen atoms in total. The van der Waals surface area contributed by atoms with E-state index in [4.69, 9.17) is 19.4 Å². The van der Waals surface area contributed by atoms with Gasteiger partial charge in [0.25, 0.3) is 0 Å². The molecule has 0 saturated heterocycles. The molecule has 0 fully saturated rings. The summed E-state index contributed by atoms with van der Waals surface area (Å²) in [5.74, 6) is 1.96. The Kier molecular flexibility index (Phi) is 6.64. The van der Waals surface area contributed by atoms with E-state index in [9.17, 15) is 0 Å². The minimum Gasteiger partial charge on any atom is -0.455 e. The Bertz CT molecular complexity index is 2800. The molecule has 0 amide bonds. The van der Waals surface area contributed by atoms with Gasteiger partial charge >= 0.3 is 0 Å². The summed E-state index contributed by atoms with van der Waals surface area (Å²) < 4.78 is 8.89. The summed E-state index contributed by atoms with van der Waals surface area (Å²) in [6.45, 7) is 0. The molecule has 5 heteroatoms. The predicted octanol–water partition coefficient (Wildman–Crippen LogP) is 12.5. The number of benzene rings is 7. The first kappa shape index (κ1) is 28.6. The molecule has 0 unspecified atom stereocenters. The van der Waals surface area contributed by atoms with Crippen LogP contribution in [-0.4, -0.2) is 15.0 Å². The molecule has 0 saturated carbocycles. The molecule has 50 heavy (non-hydrogen) atoms. The number of hydrogen-bond acceptors (Lipinski definition) is 5. The van der Waals surface area contributed by atoms with Gasteiger partial charge in [-0.2, -0.15) is 0 Å². The minimum atomic E-state index is 0.648. The summed E-state index contributed by atoms with van der Waals surface area (Å²) in [6, 6.07) is 56.9. The van der Waals surface area contributed by atoms with Crippen LogP contribution in [0.1, 0.15) is 0 Å². The van der Waals surface area contributed by atoms with Gasteiger partial charge in [-0.25, -0.2) is 15.0 Å². The van der Waals surface area contributed by atoms with Crippen molar-refractivity contribution in [3.8, 4) is 56.4 Å². The van der Waals surface area contributed by atoms with E-state index in [2.05, 4.69) is 91.0 Å². The standard InChI is InChI=1S/C45H27N3OS/c1-3-10-29(11-4-1)43-46-44(30-12-5-2-6-13-30)48-45(47-43)31-20-18-28(19-21-31)32-14-9-15-33(26-32)34-22-23-37-40(27-34)50-39-25-24-36-35-16-7-8-17-38(35)49-42(36)41(37)39/h1-27H. The Morgan fingerprint density at radius 2 is 0.880 bits per heavy atom. The SMILES string of the molecule is c1ccc(-c2nc(-c3ccccc3)nc(-c3ccc(-c4cccc(-c5ccc6c(c5)sc5ccc7c8ccccc8oc7c56)c4)cc3)n2)cc1. The maximum Gasteiger partial charge on any atom is 0.164 e. The number of furan rings is 1. The number of hydrogen-bond donors (Lipinski definition) is 0. The number of thiophene rings is 1. The van der Waals surface area contributed by atoms with Crippen molar-refractivity contribution in [2.75, 3.05) is 0 Å². The number of nitrogens with zero attached hydrogens (tertiary/aromatic N) is 3. The van der Waals surface area contributed by atoms with Gasteiger partial charge < -0.3 is 4.42 Å². The topological polar surface area (TPSA) is 51.8 Å². The van der Waals surface area contributed by atoms with Crippen LogP contribution in [0.2, 0.25) is 0 Å². The van der Waals surface area contributed by atoms with E-state index in [1.165, 1.54) is 36.7 Å². The largest absolute Gasteiger partial charge is 0.455 e. The van der Waals surface area contributed by atoms with Crippen LogP contribution in [0.4, 0.5) is 0 Å². The molecule has 7 aromatic carbocycles. The number of aromatic nitrogens is 3. The molecule has 0 aliphatic rings. The summed E-state index contributed by atoms with van der Waals surface area (Å²) >= 11 is 1.82. The maximum absolute atomic E-state index is 6.40. The lowest BCUT2D eigenvalue weighted by molar-refractivity contribution is 0.673. The quantitative estimate of drug-likeness (QED) is 0.185. The smallest absolute Gasteiger partial charge is 0.164 e. The van der Waals surface area contributed by atoms with Crippen LogP contribution in [0.5, 0.6) is 0 Å². The van der Waals surface area contributed by atoms with Crippen LogP contribution >= 0.6 is 11.3 Å². The summed E-state index contributed by atoms with van der Waals surface area (Å²) in [5.41, 5.74) is 9.40. The van der Waals surface area contributed by atoms with Crippen LogP contribution in [0.25, 0.3) is 98.5 Å². The van der Waals surface area contributed by atoms with Crippen LogP contribution < -0.4 is 0 Å². The van der Waals surface area contributed by atoms with Gasteiger partial charge in [-0.1, -0.05) is 133 Å². The van der Waals surface area contributed by atoms with Crippen LogP contribution in [0.3, 0.4) is 0 Å². The first-order valence-corrected chi connectivity index (χ1v) is 17.4. The Morgan fingerprint density at radius 1 is 0.360 bits per heavy atom. The van der Waals surface area contributed by atoms with Crippen molar-refractivity contribution in [2.24, 2.45) is 0 Å². The first-order chi connectivity index (χ1) is 24.7. The lowest BCUT2D eigenvalue weighted by Gasteiger charge is -2.10. The van der Waals surface area contributed by atoms with E-state index >= 15 is 0 Å². The second kappa shape index (κ2) is 11.6. The zero-order chi connectivity index (χ0) is 33.0. The molecule has 0 radical (unpaired) electrons. The number of fused-ring (bicyclic) bond motifs is 7. The molecule has 10 rings (SSSR count). The fraction of sp³-hybridized carbons (Fsp3) is 0. The molecule has 3 heterocycles. The summed E-state index contributed by atoms with van der Waals surface area (Å²) in [7, 11) is 0. The van der Waals surface area contributed by atoms with E-state index in [0.717, 1.165) is 44.4 Å². The van der Waals surface area contributed by atoms with Crippen LogP contribution in [0, 0.1) is 0 Å². The lowest BCUT2D eigenvalue weighted by atomic mass is 9.97. The fourth-order valence-electron chi connectivity index (χ4n) is 6.85.